The highest BCUT2D eigenvalue weighted by molar-refractivity contribution is 5.88. The van der Waals surface area contributed by atoms with Crippen molar-refractivity contribution in [1.82, 2.24) is 0 Å². The Morgan fingerprint density at radius 1 is 1.22 bits per heavy atom. The Bertz CT molecular complexity index is 724. The molecule has 0 aromatic heterocycles. The van der Waals surface area contributed by atoms with E-state index in [-0.39, 0.29) is 5.57 Å². The Kier molecular flexibility index (Phi) is 4.54. The summed E-state index contributed by atoms with van der Waals surface area (Å²) in [6.07, 6.45) is -3.51. The van der Waals surface area contributed by atoms with Crippen molar-refractivity contribution in [3.05, 3.63) is 12.2 Å². The Balaban J connectivity index is 1.73. The van der Waals surface area contributed by atoms with Gasteiger partial charge in [-0.2, -0.15) is 0 Å². The number of carboxylic acid groups (broad SMARTS) is 1. The highest BCUT2D eigenvalue weighted by Gasteiger charge is 2.71. The van der Waals surface area contributed by atoms with Gasteiger partial charge in [-0.15, -0.1) is 0 Å². The fraction of sp³-hybridized carbons (Fsp3) is 0.667. The van der Waals surface area contributed by atoms with Crippen LogP contribution < -0.4 is 0 Å². The lowest BCUT2D eigenvalue weighted by Gasteiger charge is -2.32. The number of fused-ring (bicyclic) bond motifs is 1. The molecule has 3 saturated heterocycles. The zero-order chi connectivity index (χ0) is 20.3. The van der Waals surface area contributed by atoms with Crippen molar-refractivity contribution in [3.8, 4) is 0 Å². The fourth-order valence-corrected chi connectivity index (χ4v) is 3.69. The highest BCUT2D eigenvalue weighted by atomic mass is 16.7. The van der Waals surface area contributed by atoms with Crippen LogP contribution >= 0.6 is 0 Å². The first-order valence-corrected chi connectivity index (χ1v) is 8.64. The number of ether oxygens (including phenoxy) is 4. The molecule has 0 aromatic rings. The molecular weight excluding hydrogens is 360 g/mol. The first kappa shape index (κ1) is 19.3. The quantitative estimate of drug-likeness (QED) is 0.396. The summed E-state index contributed by atoms with van der Waals surface area (Å²) in [6.45, 7) is 9.63. The molecule has 0 amide bonds. The smallest absolute Gasteiger partial charge is 0.333 e. The molecule has 0 aliphatic carbocycles. The number of esters is 3. The topological polar surface area (TPSA) is 125 Å². The number of carbonyl (C=O) groups excluding carboxylic acids is 3. The lowest BCUT2D eigenvalue weighted by Crippen LogP contribution is -2.49. The van der Waals surface area contributed by atoms with Crippen molar-refractivity contribution in [3.63, 3.8) is 0 Å². The van der Waals surface area contributed by atoms with Gasteiger partial charge < -0.3 is 24.1 Å². The van der Waals surface area contributed by atoms with Gasteiger partial charge in [0, 0.05) is 5.57 Å². The molecule has 3 aliphatic rings. The fourth-order valence-electron chi connectivity index (χ4n) is 3.69. The molecule has 27 heavy (non-hydrogen) atoms. The Labute approximate surface area is 155 Å². The minimum atomic E-state index is -1.20. The average molecular weight is 382 g/mol. The number of hydrogen-bond acceptors (Lipinski definition) is 8. The van der Waals surface area contributed by atoms with E-state index in [1.807, 2.05) is 0 Å². The zero-order valence-electron chi connectivity index (χ0n) is 15.5. The third kappa shape index (κ3) is 2.99. The molecule has 0 radical (unpaired) electrons. The number of rotatable bonds is 6. The predicted octanol–water partition coefficient (Wildman–Crippen LogP) is 0.456. The monoisotopic (exact) mass is 382 g/mol. The van der Waals surface area contributed by atoms with Crippen molar-refractivity contribution in [2.75, 3.05) is 0 Å². The molecule has 3 aliphatic heterocycles. The maximum Gasteiger partial charge on any atom is 0.333 e. The molecule has 1 N–H and O–H groups in total. The first-order valence-electron chi connectivity index (χ1n) is 8.64. The second-order valence-corrected chi connectivity index (χ2v) is 7.75. The summed E-state index contributed by atoms with van der Waals surface area (Å²) < 4.78 is 21.5. The summed E-state index contributed by atoms with van der Waals surface area (Å²) in [5.74, 6) is -6.06. The lowest BCUT2D eigenvalue weighted by molar-refractivity contribution is -0.178. The van der Waals surface area contributed by atoms with E-state index in [1.165, 1.54) is 13.8 Å². The van der Waals surface area contributed by atoms with E-state index >= 15 is 0 Å². The van der Waals surface area contributed by atoms with Crippen LogP contribution in [0, 0.1) is 17.8 Å². The van der Waals surface area contributed by atoms with Crippen LogP contribution in [0.4, 0.5) is 0 Å². The van der Waals surface area contributed by atoms with E-state index in [9.17, 15) is 24.3 Å². The SMILES string of the molecule is C=C(C)C(=O)OC(C)(C)C(C)C(=O)OC1C2OC(=O)C3C2OC1C3C(=O)O. The minimum absolute atomic E-state index is 0.193. The van der Waals surface area contributed by atoms with Gasteiger partial charge in [0.05, 0.1) is 5.92 Å². The molecular formula is C18H22O9. The van der Waals surface area contributed by atoms with E-state index in [2.05, 4.69) is 6.58 Å². The number of aliphatic carboxylic acids is 1. The molecule has 148 valence electrons. The van der Waals surface area contributed by atoms with Gasteiger partial charge in [-0.25, -0.2) is 4.79 Å². The number of carboxylic acids is 1. The largest absolute Gasteiger partial charge is 0.481 e. The molecule has 0 spiro atoms. The van der Waals surface area contributed by atoms with E-state index in [4.69, 9.17) is 18.9 Å². The molecule has 9 heteroatoms. The maximum atomic E-state index is 12.6. The van der Waals surface area contributed by atoms with Crippen LogP contribution in [0.3, 0.4) is 0 Å². The van der Waals surface area contributed by atoms with Gasteiger partial charge in [-0.05, 0) is 27.7 Å². The summed E-state index contributed by atoms with van der Waals surface area (Å²) in [4.78, 5) is 47.9. The van der Waals surface area contributed by atoms with E-state index in [0.29, 0.717) is 0 Å². The first-order chi connectivity index (χ1) is 12.5. The predicted molar refractivity (Wildman–Crippen MR) is 87.2 cm³/mol. The Morgan fingerprint density at radius 2 is 1.85 bits per heavy atom. The van der Waals surface area contributed by atoms with Gasteiger partial charge in [0.25, 0.3) is 0 Å². The van der Waals surface area contributed by atoms with Crippen LogP contribution in [0.1, 0.15) is 27.7 Å². The van der Waals surface area contributed by atoms with Gasteiger partial charge in [-0.3, -0.25) is 14.4 Å². The molecule has 3 rings (SSSR count). The number of carbonyl (C=O) groups is 4. The van der Waals surface area contributed by atoms with Crippen LogP contribution in [0.5, 0.6) is 0 Å². The second kappa shape index (κ2) is 6.33. The van der Waals surface area contributed by atoms with E-state index in [0.717, 1.165) is 0 Å². The van der Waals surface area contributed by atoms with Gasteiger partial charge in [-0.1, -0.05) is 6.58 Å². The van der Waals surface area contributed by atoms with Crippen molar-refractivity contribution >= 4 is 23.9 Å². The second-order valence-electron chi connectivity index (χ2n) is 7.75. The van der Waals surface area contributed by atoms with Gasteiger partial charge in [0.1, 0.15) is 29.6 Å². The highest BCUT2D eigenvalue weighted by Crippen LogP contribution is 2.51. The van der Waals surface area contributed by atoms with Crippen molar-refractivity contribution in [1.29, 1.82) is 0 Å². The Morgan fingerprint density at radius 3 is 2.41 bits per heavy atom. The van der Waals surface area contributed by atoms with Crippen LogP contribution in [-0.4, -0.2) is 59.0 Å². The minimum Gasteiger partial charge on any atom is -0.481 e. The summed E-state index contributed by atoms with van der Waals surface area (Å²) >= 11 is 0. The summed E-state index contributed by atoms with van der Waals surface area (Å²) in [6, 6.07) is 0. The van der Waals surface area contributed by atoms with Crippen LogP contribution in [0.25, 0.3) is 0 Å². The number of hydrogen-bond donors (Lipinski definition) is 1. The molecule has 0 aromatic carbocycles. The molecule has 2 bridgehead atoms. The van der Waals surface area contributed by atoms with Crippen LogP contribution in [0.2, 0.25) is 0 Å². The van der Waals surface area contributed by atoms with Crippen molar-refractivity contribution in [2.24, 2.45) is 17.8 Å². The summed E-state index contributed by atoms with van der Waals surface area (Å²) in [5, 5.41) is 9.42. The third-order valence-corrected chi connectivity index (χ3v) is 5.54. The molecule has 7 atom stereocenters. The Hall–Kier alpha value is -2.42. The molecule has 9 nitrogen and oxygen atoms in total. The molecule has 3 heterocycles. The third-order valence-electron chi connectivity index (χ3n) is 5.54. The van der Waals surface area contributed by atoms with Crippen LogP contribution in [0.15, 0.2) is 12.2 Å². The maximum absolute atomic E-state index is 12.6. The average Bonchev–Trinajstić information content (AvgIpc) is 3.16. The van der Waals surface area contributed by atoms with Gasteiger partial charge >= 0.3 is 23.9 Å². The van der Waals surface area contributed by atoms with Gasteiger partial charge in [0.15, 0.2) is 12.2 Å². The van der Waals surface area contributed by atoms with E-state index in [1.54, 1.807) is 13.8 Å². The van der Waals surface area contributed by atoms with Crippen molar-refractivity contribution < 1.29 is 43.2 Å². The lowest BCUT2D eigenvalue weighted by atomic mass is 9.78. The summed E-state index contributed by atoms with van der Waals surface area (Å²) in [7, 11) is 0. The van der Waals surface area contributed by atoms with Crippen molar-refractivity contribution in [2.45, 2.75) is 57.7 Å². The molecule has 3 fully saturated rings. The molecule has 7 unspecified atom stereocenters. The standard InChI is InChI=1S/C18H22O9/c1-6(2)15(21)27-18(4,5)7(3)16(22)25-12-10-8(14(19)20)9-11(24-10)13(12)26-17(9)23/h7-13H,1H2,2-5H3,(H,19,20). The van der Waals surface area contributed by atoms with Gasteiger partial charge in [0.2, 0.25) is 0 Å². The molecule has 0 saturated carbocycles. The summed E-state index contributed by atoms with van der Waals surface area (Å²) in [5.41, 5.74) is -0.995. The zero-order valence-corrected chi connectivity index (χ0v) is 15.5. The van der Waals surface area contributed by atoms with E-state index < -0.39 is 71.6 Å². The van der Waals surface area contributed by atoms with Crippen LogP contribution in [-0.2, 0) is 38.1 Å². The normalized spacial score (nSPS) is 34.7.